The molecule has 0 aliphatic carbocycles. The first-order chi connectivity index (χ1) is 8.60. The van der Waals surface area contributed by atoms with Crippen LogP contribution in [0.5, 0.6) is 0 Å². The van der Waals surface area contributed by atoms with Crippen molar-refractivity contribution in [2.45, 2.75) is 52.6 Å². The second-order valence-electron chi connectivity index (χ2n) is 4.97. The van der Waals surface area contributed by atoms with Crippen LogP contribution in [0.2, 0.25) is 0 Å². The summed E-state index contributed by atoms with van der Waals surface area (Å²) < 4.78 is 0. The highest BCUT2D eigenvalue weighted by Crippen LogP contribution is 2.18. The van der Waals surface area contributed by atoms with Crippen LogP contribution in [0.15, 0.2) is 18.3 Å². The van der Waals surface area contributed by atoms with E-state index in [1.807, 2.05) is 6.20 Å². The molecule has 1 aromatic heterocycles. The van der Waals surface area contributed by atoms with Gasteiger partial charge in [-0.1, -0.05) is 20.3 Å². The Bertz CT molecular complexity index is 334. The van der Waals surface area contributed by atoms with Gasteiger partial charge < -0.3 is 10.2 Å². The number of nitrogens with zero attached hydrogens (tertiary/aromatic N) is 2. The van der Waals surface area contributed by atoms with Gasteiger partial charge in [-0.05, 0) is 38.9 Å². The molecular weight excluding hydrogens is 222 g/mol. The number of rotatable bonds is 7. The first kappa shape index (κ1) is 15.0. The van der Waals surface area contributed by atoms with Crippen LogP contribution in [-0.2, 0) is 0 Å². The van der Waals surface area contributed by atoms with E-state index in [1.165, 1.54) is 18.5 Å². The molecule has 0 amide bonds. The Labute approximate surface area is 112 Å². The molecule has 0 saturated carbocycles. The van der Waals surface area contributed by atoms with Crippen molar-refractivity contribution >= 4 is 5.69 Å². The Morgan fingerprint density at radius 1 is 1.28 bits per heavy atom. The third-order valence-corrected chi connectivity index (χ3v) is 3.50. The van der Waals surface area contributed by atoms with Gasteiger partial charge in [-0.2, -0.15) is 0 Å². The van der Waals surface area contributed by atoms with Crippen molar-refractivity contribution in [2.24, 2.45) is 0 Å². The van der Waals surface area contributed by atoms with E-state index >= 15 is 0 Å². The Kier molecular flexibility index (Phi) is 6.13. The fourth-order valence-corrected chi connectivity index (χ4v) is 2.14. The zero-order chi connectivity index (χ0) is 13.5. The van der Waals surface area contributed by atoms with Crippen LogP contribution < -0.4 is 10.2 Å². The van der Waals surface area contributed by atoms with E-state index in [9.17, 15) is 0 Å². The molecule has 0 bridgehead atoms. The van der Waals surface area contributed by atoms with Gasteiger partial charge in [-0.25, -0.2) is 0 Å². The molecule has 3 nitrogen and oxygen atoms in total. The lowest BCUT2D eigenvalue weighted by Gasteiger charge is -2.26. The minimum Gasteiger partial charge on any atom is -0.371 e. The molecule has 1 rings (SSSR count). The van der Waals surface area contributed by atoms with Crippen molar-refractivity contribution in [3.63, 3.8) is 0 Å². The molecule has 0 aliphatic rings. The highest BCUT2D eigenvalue weighted by Gasteiger charge is 2.10. The standard InChI is InChI=1S/C15H27N3/c1-6-8-12(3)18(5)14-9-10-15(17-11-14)13(4)16-7-2/h9-13,16H,6-8H2,1-5H3. The van der Waals surface area contributed by atoms with Gasteiger partial charge >= 0.3 is 0 Å². The molecule has 0 spiro atoms. The monoisotopic (exact) mass is 249 g/mol. The molecule has 102 valence electrons. The Morgan fingerprint density at radius 3 is 2.50 bits per heavy atom. The summed E-state index contributed by atoms with van der Waals surface area (Å²) in [7, 11) is 2.14. The van der Waals surface area contributed by atoms with Gasteiger partial charge in [0.2, 0.25) is 0 Å². The van der Waals surface area contributed by atoms with E-state index in [0.717, 1.165) is 12.2 Å². The zero-order valence-corrected chi connectivity index (χ0v) is 12.4. The van der Waals surface area contributed by atoms with Gasteiger partial charge in [-0.15, -0.1) is 0 Å². The van der Waals surface area contributed by atoms with E-state index in [4.69, 9.17) is 0 Å². The van der Waals surface area contributed by atoms with Crippen molar-refractivity contribution in [1.82, 2.24) is 10.3 Å². The smallest absolute Gasteiger partial charge is 0.0572 e. The van der Waals surface area contributed by atoms with Crippen molar-refractivity contribution in [3.05, 3.63) is 24.0 Å². The van der Waals surface area contributed by atoms with Crippen LogP contribution in [0.4, 0.5) is 5.69 Å². The van der Waals surface area contributed by atoms with Crippen LogP contribution in [0, 0.1) is 0 Å². The fourth-order valence-electron chi connectivity index (χ4n) is 2.14. The van der Waals surface area contributed by atoms with Crippen molar-refractivity contribution < 1.29 is 0 Å². The van der Waals surface area contributed by atoms with Gasteiger partial charge in [0.25, 0.3) is 0 Å². The molecule has 0 radical (unpaired) electrons. The van der Waals surface area contributed by atoms with Gasteiger partial charge in [0.05, 0.1) is 17.6 Å². The lowest BCUT2D eigenvalue weighted by atomic mass is 10.1. The minimum absolute atomic E-state index is 0.322. The molecule has 2 atom stereocenters. The maximum atomic E-state index is 4.56. The van der Waals surface area contributed by atoms with Crippen molar-refractivity contribution in [1.29, 1.82) is 0 Å². The van der Waals surface area contributed by atoms with Gasteiger partial charge in [0.15, 0.2) is 0 Å². The summed E-state index contributed by atoms with van der Waals surface area (Å²) in [6.45, 7) is 9.72. The minimum atomic E-state index is 0.322. The summed E-state index contributed by atoms with van der Waals surface area (Å²) in [4.78, 5) is 6.86. The number of nitrogens with one attached hydrogen (secondary N) is 1. The number of pyridine rings is 1. The molecule has 0 fully saturated rings. The maximum Gasteiger partial charge on any atom is 0.0572 e. The summed E-state index contributed by atoms with van der Waals surface area (Å²) in [6, 6.07) is 5.18. The highest BCUT2D eigenvalue weighted by atomic mass is 15.1. The van der Waals surface area contributed by atoms with Crippen molar-refractivity contribution in [2.75, 3.05) is 18.5 Å². The van der Waals surface area contributed by atoms with Crippen LogP contribution in [-0.4, -0.2) is 24.6 Å². The third kappa shape index (κ3) is 3.98. The van der Waals surface area contributed by atoms with Crippen LogP contribution in [0.25, 0.3) is 0 Å². The molecule has 0 saturated heterocycles. The average molecular weight is 249 g/mol. The molecule has 1 aromatic rings. The first-order valence-electron chi connectivity index (χ1n) is 7.02. The summed E-state index contributed by atoms with van der Waals surface area (Å²) in [6.07, 6.45) is 4.41. The lowest BCUT2D eigenvalue weighted by Crippen LogP contribution is -2.28. The van der Waals surface area contributed by atoms with Gasteiger partial charge in [0.1, 0.15) is 0 Å². The Hall–Kier alpha value is -1.09. The number of anilines is 1. The van der Waals surface area contributed by atoms with Crippen LogP contribution in [0.1, 0.15) is 52.3 Å². The summed E-state index contributed by atoms with van der Waals surface area (Å²) in [5.41, 5.74) is 2.31. The van der Waals surface area contributed by atoms with E-state index in [2.05, 4.69) is 62.1 Å². The fraction of sp³-hybridized carbons (Fsp3) is 0.667. The molecular formula is C15H27N3. The quantitative estimate of drug-likeness (QED) is 0.803. The molecule has 1 N–H and O–H groups in total. The molecule has 1 heterocycles. The number of aromatic nitrogens is 1. The highest BCUT2D eigenvalue weighted by molar-refractivity contribution is 5.44. The average Bonchev–Trinajstić information content (AvgIpc) is 2.38. The second-order valence-corrected chi connectivity index (χ2v) is 4.97. The van der Waals surface area contributed by atoms with E-state index in [1.54, 1.807) is 0 Å². The van der Waals surface area contributed by atoms with Gasteiger partial charge in [-0.3, -0.25) is 4.98 Å². The predicted octanol–water partition coefficient (Wildman–Crippen LogP) is 3.38. The van der Waals surface area contributed by atoms with Crippen molar-refractivity contribution in [3.8, 4) is 0 Å². The van der Waals surface area contributed by atoms with Crippen LogP contribution in [0.3, 0.4) is 0 Å². The Morgan fingerprint density at radius 2 is 2.00 bits per heavy atom. The van der Waals surface area contributed by atoms with Crippen LogP contribution >= 0.6 is 0 Å². The molecule has 0 aromatic carbocycles. The summed E-state index contributed by atoms with van der Waals surface area (Å²) in [5.74, 6) is 0. The largest absolute Gasteiger partial charge is 0.371 e. The number of hydrogen-bond donors (Lipinski definition) is 1. The van der Waals surface area contributed by atoms with Gasteiger partial charge in [0, 0.05) is 19.1 Å². The lowest BCUT2D eigenvalue weighted by molar-refractivity contribution is 0.582. The Balaban J connectivity index is 2.70. The predicted molar refractivity (Wildman–Crippen MR) is 79.1 cm³/mol. The first-order valence-corrected chi connectivity index (χ1v) is 7.02. The van der Waals surface area contributed by atoms with E-state index < -0.39 is 0 Å². The van der Waals surface area contributed by atoms with E-state index in [0.29, 0.717) is 12.1 Å². The molecule has 18 heavy (non-hydrogen) atoms. The number of hydrogen-bond acceptors (Lipinski definition) is 3. The molecule has 0 aliphatic heterocycles. The zero-order valence-electron chi connectivity index (χ0n) is 12.4. The SMILES string of the molecule is CCCC(C)N(C)c1ccc(C(C)NCC)nc1. The summed E-state index contributed by atoms with van der Waals surface area (Å²) in [5, 5.41) is 3.38. The second kappa shape index (κ2) is 7.37. The third-order valence-electron chi connectivity index (χ3n) is 3.50. The maximum absolute atomic E-state index is 4.56. The molecule has 3 heteroatoms. The normalized spacial score (nSPS) is 14.3. The summed E-state index contributed by atoms with van der Waals surface area (Å²) >= 11 is 0. The topological polar surface area (TPSA) is 28.2 Å². The molecule has 2 unspecified atom stereocenters. The van der Waals surface area contributed by atoms with E-state index in [-0.39, 0.29) is 0 Å².